The Morgan fingerprint density at radius 3 is 2.88 bits per heavy atom. The highest BCUT2D eigenvalue weighted by molar-refractivity contribution is 5.78. The number of aromatic nitrogens is 1. The molecule has 1 aliphatic rings. The first-order valence-corrected chi connectivity index (χ1v) is 6.36. The minimum atomic E-state index is -0.350. The molecule has 17 heavy (non-hydrogen) atoms. The largest absolute Gasteiger partial charge is 0.388 e. The van der Waals surface area contributed by atoms with Crippen molar-refractivity contribution in [1.82, 2.24) is 4.98 Å². The Morgan fingerprint density at radius 1 is 1.29 bits per heavy atom. The summed E-state index contributed by atoms with van der Waals surface area (Å²) in [7, 11) is 0. The molecule has 0 bridgehead atoms. The van der Waals surface area contributed by atoms with Gasteiger partial charge in [-0.15, -0.1) is 0 Å². The molecule has 1 aliphatic carbocycles. The molecular formula is C15H17NO. The zero-order valence-corrected chi connectivity index (χ0v) is 9.84. The molecule has 1 aromatic heterocycles. The van der Waals surface area contributed by atoms with E-state index < -0.39 is 0 Å². The van der Waals surface area contributed by atoms with Crippen LogP contribution in [0.2, 0.25) is 0 Å². The molecule has 1 aromatic carbocycles. The molecular weight excluding hydrogens is 210 g/mol. The van der Waals surface area contributed by atoms with Crippen LogP contribution in [-0.4, -0.2) is 10.1 Å². The van der Waals surface area contributed by atoms with Crippen LogP contribution in [0.5, 0.6) is 0 Å². The van der Waals surface area contributed by atoms with Crippen molar-refractivity contribution in [3.8, 4) is 0 Å². The molecule has 1 N–H and O–H groups in total. The van der Waals surface area contributed by atoms with Crippen LogP contribution in [0.4, 0.5) is 0 Å². The Bertz CT molecular complexity index is 519. The number of hydrogen-bond donors (Lipinski definition) is 1. The van der Waals surface area contributed by atoms with Gasteiger partial charge in [0.1, 0.15) is 0 Å². The van der Waals surface area contributed by atoms with Crippen LogP contribution >= 0.6 is 0 Å². The predicted molar refractivity (Wildman–Crippen MR) is 68.7 cm³/mol. The molecule has 0 amide bonds. The van der Waals surface area contributed by atoms with Crippen LogP contribution in [0.15, 0.2) is 36.5 Å². The summed E-state index contributed by atoms with van der Waals surface area (Å²) in [5.41, 5.74) is 1.95. The number of aliphatic hydroxyl groups is 1. The summed E-state index contributed by atoms with van der Waals surface area (Å²) in [6.07, 6.45) is 6.23. The number of aliphatic hydroxyl groups excluding tert-OH is 1. The highest BCUT2D eigenvalue weighted by Gasteiger charge is 2.21. The van der Waals surface area contributed by atoms with Gasteiger partial charge in [-0.25, -0.2) is 0 Å². The normalized spacial score (nSPS) is 17.9. The summed E-state index contributed by atoms with van der Waals surface area (Å²) in [6.45, 7) is 0. The topological polar surface area (TPSA) is 33.1 Å². The van der Waals surface area contributed by atoms with Gasteiger partial charge in [-0.05, 0) is 30.0 Å². The number of nitrogens with zero attached hydrogens (tertiary/aromatic N) is 1. The van der Waals surface area contributed by atoms with E-state index in [4.69, 9.17) is 0 Å². The lowest BCUT2D eigenvalue weighted by atomic mass is 9.80. The lowest BCUT2D eigenvalue weighted by molar-refractivity contribution is 0.118. The van der Waals surface area contributed by atoms with Gasteiger partial charge in [-0.2, -0.15) is 0 Å². The van der Waals surface area contributed by atoms with E-state index in [1.165, 1.54) is 19.3 Å². The third-order valence-corrected chi connectivity index (χ3v) is 3.78. The maximum Gasteiger partial charge on any atom is 0.0807 e. The first kappa shape index (κ1) is 10.7. The number of hydrogen-bond acceptors (Lipinski definition) is 2. The summed E-state index contributed by atoms with van der Waals surface area (Å²) in [4.78, 5) is 4.39. The maximum atomic E-state index is 10.2. The van der Waals surface area contributed by atoms with Crippen LogP contribution in [0, 0.1) is 5.92 Å². The van der Waals surface area contributed by atoms with Gasteiger partial charge in [0.25, 0.3) is 0 Å². The second-order valence-electron chi connectivity index (χ2n) is 5.01. The van der Waals surface area contributed by atoms with Gasteiger partial charge in [-0.1, -0.05) is 37.5 Å². The fourth-order valence-corrected chi connectivity index (χ4v) is 2.45. The zero-order valence-electron chi connectivity index (χ0n) is 9.84. The summed E-state index contributed by atoms with van der Waals surface area (Å²) in [5, 5.41) is 11.3. The van der Waals surface area contributed by atoms with E-state index in [9.17, 15) is 5.11 Å². The fourth-order valence-electron chi connectivity index (χ4n) is 2.45. The summed E-state index contributed by atoms with van der Waals surface area (Å²) in [5.74, 6) is 0.719. The van der Waals surface area contributed by atoms with E-state index in [-0.39, 0.29) is 6.10 Å². The minimum absolute atomic E-state index is 0.350. The van der Waals surface area contributed by atoms with Crippen LogP contribution < -0.4 is 0 Å². The molecule has 3 rings (SSSR count). The van der Waals surface area contributed by atoms with Crippen molar-refractivity contribution in [2.75, 3.05) is 0 Å². The van der Waals surface area contributed by atoms with Crippen LogP contribution in [0.25, 0.3) is 10.9 Å². The van der Waals surface area contributed by atoms with Gasteiger partial charge < -0.3 is 5.11 Å². The molecule has 1 fully saturated rings. The number of para-hydroxylation sites is 1. The van der Waals surface area contributed by atoms with Crippen molar-refractivity contribution >= 4 is 10.9 Å². The Hall–Kier alpha value is -1.41. The predicted octanol–water partition coefficient (Wildman–Crippen LogP) is 3.46. The monoisotopic (exact) mass is 227 g/mol. The van der Waals surface area contributed by atoms with E-state index in [2.05, 4.69) is 11.1 Å². The van der Waals surface area contributed by atoms with Gasteiger partial charge in [0, 0.05) is 11.6 Å². The maximum absolute atomic E-state index is 10.2. The smallest absolute Gasteiger partial charge is 0.0807 e. The Labute approximate surface area is 101 Å². The molecule has 0 saturated heterocycles. The van der Waals surface area contributed by atoms with E-state index in [0.717, 1.165) is 28.8 Å². The first-order valence-electron chi connectivity index (χ1n) is 6.36. The molecule has 2 aromatic rings. The van der Waals surface area contributed by atoms with Crippen LogP contribution in [0.1, 0.15) is 37.4 Å². The second-order valence-corrected chi connectivity index (χ2v) is 5.01. The molecule has 88 valence electrons. The molecule has 1 saturated carbocycles. The van der Waals surface area contributed by atoms with E-state index in [1.54, 1.807) is 0 Å². The number of fused-ring (bicyclic) bond motifs is 1. The molecule has 1 unspecified atom stereocenters. The van der Waals surface area contributed by atoms with Gasteiger partial charge in [0.2, 0.25) is 0 Å². The molecule has 2 nitrogen and oxygen atoms in total. The fraction of sp³-hybridized carbons (Fsp3) is 0.400. The third-order valence-electron chi connectivity index (χ3n) is 3.78. The van der Waals surface area contributed by atoms with Gasteiger partial charge in [0.15, 0.2) is 0 Å². The standard InChI is InChI=1S/C15H17NO/c17-15(8-11-4-3-5-11)13-9-12-6-1-2-7-14(12)16-10-13/h1-2,6-7,9-11,15,17H,3-5,8H2. The summed E-state index contributed by atoms with van der Waals surface area (Å²) in [6, 6.07) is 10.1. The molecule has 2 heteroatoms. The van der Waals surface area contributed by atoms with E-state index >= 15 is 0 Å². The molecule has 0 radical (unpaired) electrons. The van der Waals surface area contributed by atoms with Crippen molar-refractivity contribution in [2.24, 2.45) is 5.92 Å². The van der Waals surface area contributed by atoms with Crippen molar-refractivity contribution in [1.29, 1.82) is 0 Å². The van der Waals surface area contributed by atoms with Gasteiger partial charge in [0.05, 0.1) is 11.6 Å². The van der Waals surface area contributed by atoms with Crippen LogP contribution in [0.3, 0.4) is 0 Å². The van der Waals surface area contributed by atoms with Crippen molar-refractivity contribution in [3.05, 3.63) is 42.1 Å². The second kappa shape index (κ2) is 4.46. The highest BCUT2D eigenvalue weighted by Crippen LogP contribution is 2.34. The molecule has 1 heterocycles. The van der Waals surface area contributed by atoms with Gasteiger partial charge >= 0.3 is 0 Å². The van der Waals surface area contributed by atoms with Crippen LogP contribution in [-0.2, 0) is 0 Å². The number of benzene rings is 1. The summed E-state index contributed by atoms with van der Waals surface area (Å²) < 4.78 is 0. The lowest BCUT2D eigenvalue weighted by Crippen LogP contribution is -2.14. The summed E-state index contributed by atoms with van der Waals surface area (Å²) >= 11 is 0. The van der Waals surface area contributed by atoms with E-state index in [1.807, 2.05) is 30.5 Å². The Morgan fingerprint density at radius 2 is 2.12 bits per heavy atom. The van der Waals surface area contributed by atoms with E-state index in [0.29, 0.717) is 0 Å². The quantitative estimate of drug-likeness (QED) is 0.871. The lowest BCUT2D eigenvalue weighted by Gasteiger charge is -2.27. The first-order chi connectivity index (χ1) is 8.33. The van der Waals surface area contributed by atoms with Crippen molar-refractivity contribution in [3.63, 3.8) is 0 Å². The Balaban J connectivity index is 1.83. The third kappa shape index (κ3) is 2.18. The Kier molecular flexibility index (Phi) is 2.81. The molecule has 0 aliphatic heterocycles. The molecule has 0 spiro atoms. The molecule has 1 atom stereocenters. The van der Waals surface area contributed by atoms with Crippen molar-refractivity contribution < 1.29 is 5.11 Å². The zero-order chi connectivity index (χ0) is 11.7. The highest BCUT2D eigenvalue weighted by atomic mass is 16.3. The number of rotatable bonds is 3. The SMILES string of the molecule is OC(CC1CCC1)c1cnc2ccccc2c1. The minimum Gasteiger partial charge on any atom is -0.388 e. The average molecular weight is 227 g/mol. The van der Waals surface area contributed by atoms with Gasteiger partial charge in [-0.3, -0.25) is 4.98 Å². The van der Waals surface area contributed by atoms with Crippen molar-refractivity contribution in [2.45, 2.75) is 31.8 Å². The average Bonchev–Trinajstić information content (AvgIpc) is 2.33. The number of pyridine rings is 1.